The Balaban J connectivity index is 1.69. The van der Waals surface area contributed by atoms with Gasteiger partial charge in [0.15, 0.2) is 0 Å². The molecule has 2 aliphatic rings. The molecule has 2 aliphatic heterocycles. The van der Waals surface area contributed by atoms with Gasteiger partial charge in [-0.15, -0.1) is 0 Å². The van der Waals surface area contributed by atoms with Gasteiger partial charge in [0.05, 0.1) is 29.3 Å². The van der Waals surface area contributed by atoms with Crippen molar-refractivity contribution in [3.8, 4) is 0 Å². The Labute approximate surface area is 176 Å². The molecule has 166 valence electrons. The van der Waals surface area contributed by atoms with E-state index in [1.807, 2.05) is 0 Å². The van der Waals surface area contributed by atoms with Crippen LogP contribution in [0.1, 0.15) is 47.2 Å². The Morgan fingerprint density at radius 2 is 1.61 bits per heavy atom. The summed E-state index contributed by atoms with van der Waals surface area (Å²) in [5.74, 6) is -1.10. The number of nitrogens with one attached hydrogen (secondary N) is 1. The van der Waals surface area contributed by atoms with E-state index in [9.17, 15) is 35.5 Å². The molecule has 3 nitrogen and oxygen atoms in total. The van der Waals surface area contributed by atoms with Crippen molar-refractivity contribution in [3.05, 3.63) is 69.5 Å². The lowest BCUT2D eigenvalue weighted by Crippen LogP contribution is -2.32. The van der Waals surface area contributed by atoms with Gasteiger partial charge >= 0.3 is 18.4 Å². The summed E-state index contributed by atoms with van der Waals surface area (Å²) in [5, 5.41) is 2.57. The first-order valence-electron chi connectivity index (χ1n) is 9.19. The second kappa shape index (κ2) is 7.29. The summed E-state index contributed by atoms with van der Waals surface area (Å²) in [4.78, 5) is 13.9. The van der Waals surface area contributed by atoms with Crippen molar-refractivity contribution in [3.63, 3.8) is 0 Å². The van der Waals surface area contributed by atoms with E-state index < -0.39 is 53.5 Å². The third-order valence-corrected chi connectivity index (χ3v) is 5.96. The molecule has 0 bridgehead atoms. The van der Waals surface area contributed by atoms with E-state index in [1.165, 1.54) is 4.90 Å². The molecule has 0 saturated carbocycles. The van der Waals surface area contributed by atoms with Crippen LogP contribution in [0.15, 0.2) is 36.4 Å². The second-order valence-corrected chi connectivity index (χ2v) is 7.91. The van der Waals surface area contributed by atoms with Crippen LogP contribution < -0.4 is 5.32 Å². The van der Waals surface area contributed by atoms with Crippen molar-refractivity contribution >= 4 is 17.6 Å². The van der Waals surface area contributed by atoms with Gasteiger partial charge in [-0.2, -0.15) is 26.3 Å². The fraction of sp³-hybridized carbons (Fsp3) is 0.350. The van der Waals surface area contributed by atoms with Crippen LogP contribution in [-0.2, 0) is 12.4 Å². The Hall–Kier alpha value is -2.49. The molecular weight excluding hydrogens is 453 g/mol. The van der Waals surface area contributed by atoms with Crippen molar-refractivity contribution in [1.29, 1.82) is 0 Å². The summed E-state index contributed by atoms with van der Waals surface area (Å²) in [6.07, 6.45) is -8.83. The summed E-state index contributed by atoms with van der Waals surface area (Å²) in [7, 11) is 0. The van der Waals surface area contributed by atoms with Gasteiger partial charge in [0.2, 0.25) is 0 Å². The zero-order chi connectivity index (χ0) is 22.7. The van der Waals surface area contributed by atoms with Crippen molar-refractivity contribution < 1.29 is 35.5 Å². The molecule has 2 heterocycles. The number of rotatable bonds is 2. The van der Waals surface area contributed by atoms with Crippen molar-refractivity contribution in [2.24, 2.45) is 0 Å². The molecule has 2 saturated heterocycles. The summed E-state index contributed by atoms with van der Waals surface area (Å²) in [6.45, 7) is 0. The number of amides is 2. The fourth-order valence-electron chi connectivity index (χ4n) is 4.30. The van der Waals surface area contributed by atoms with Crippen LogP contribution in [0, 0.1) is 5.82 Å². The van der Waals surface area contributed by atoms with Crippen LogP contribution in [0.4, 0.5) is 35.5 Å². The molecular formula is C20H14ClF7N2O. The number of carbonyl (C=O) groups is 1. The van der Waals surface area contributed by atoms with E-state index in [1.54, 1.807) is 0 Å². The van der Waals surface area contributed by atoms with Gasteiger partial charge in [-0.3, -0.25) is 0 Å². The Kier molecular flexibility index (Phi) is 5.11. The van der Waals surface area contributed by atoms with Crippen LogP contribution in [0.5, 0.6) is 0 Å². The molecule has 1 N–H and O–H groups in total. The SMILES string of the molecule is O=C1N[C@H](c2cc(F)cc(C(F)(F)F)c2)[C@@H]2CC[C@@H](c3cc(C(F)(F)F)ccc3Cl)N12. The highest BCUT2D eigenvalue weighted by Gasteiger charge is 2.49. The van der Waals surface area contributed by atoms with Gasteiger partial charge in [0.25, 0.3) is 0 Å². The number of nitrogens with zero attached hydrogens (tertiary/aromatic N) is 1. The van der Waals surface area contributed by atoms with Crippen molar-refractivity contribution in [2.45, 2.75) is 43.3 Å². The highest BCUT2D eigenvalue weighted by molar-refractivity contribution is 6.31. The van der Waals surface area contributed by atoms with Gasteiger partial charge in [-0.25, -0.2) is 9.18 Å². The molecule has 3 atom stereocenters. The third-order valence-electron chi connectivity index (χ3n) is 5.62. The molecule has 31 heavy (non-hydrogen) atoms. The van der Waals surface area contributed by atoms with E-state index in [0.29, 0.717) is 12.5 Å². The van der Waals surface area contributed by atoms with Gasteiger partial charge in [0, 0.05) is 5.02 Å². The normalized spacial score (nSPS) is 23.8. The molecule has 0 spiro atoms. The van der Waals surface area contributed by atoms with Gasteiger partial charge in [-0.05, 0) is 60.4 Å². The first-order valence-corrected chi connectivity index (χ1v) is 9.57. The average Bonchev–Trinajstić information content (AvgIpc) is 3.21. The monoisotopic (exact) mass is 466 g/mol. The number of alkyl halides is 6. The predicted molar refractivity (Wildman–Crippen MR) is 96.7 cm³/mol. The van der Waals surface area contributed by atoms with E-state index in [2.05, 4.69) is 5.32 Å². The third kappa shape index (κ3) is 3.93. The standard InChI is InChI=1S/C20H14ClF7N2O/c21-14-2-1-10(19(23,24)25)8-13(14)15-3-4-16-17(29-18(31)30(15)16)9-5-11(20(26,27)28)7-12(22)6-9/h1-2,5-8,15-17H,3-4H2,(H,29,31)/t15-,16-,17+/m0/s1. The molecule has 0 aromatic heterocycles. The highest BCUT2D eigenvalue weighted by Crippen LogP contribution is 2.47. The van der Waals surface area contributed by atoms with E-state index in [4.69, 9.17) is 11.6 Å². The quantitative estimate of drug-likeness (QED) is 0.504. The molecule has 0 aliphatic carbocycles. The van der Waals surface area contributed by atoms with Crippen molar-refractivity contribution in [2.75, 3.05) is 0 Å². The maximum atomic E-state index is 13.9. The molecule has 4 rings (SSSR count). The Morgan fingerprint density at radius 1 is 0.935 bits per heavy atom. The lowest BCUT2D eigenvalue weighted by molar-refractivity contribution is -0.138. The maximum Gasteiger partial charge on any atom is 0.416 e. The number of carbonyl (C=O) groups excluding carboxylic acids is 1. The summed E-state index contributed by atoms with van der Waals surface area (Å²) in [5.41, 5.74) is -2.08. The van der Waals surface area contributed by atoms with Crippen molar-refractivity contribution in [1.82, 2.24) is 10.2 Å². The smallest absolute Gasteiger partial charge is 0.329 e. The lowest BCUT2D eigenvalue weighted by Gasteiger charge is -2.26. The summed E-state index contributed by atoms with van der Waals surface area (Å²) in [6, 6.07) is 1.78. The minimum Gasteiger partial charge on any atom is -0.329 e. The Bertz CT molecular complexity index is 1040. The zero-order valence-corrected chi connectivity index (χ0v) is 16.2. The Morgan fingerprint density at radius 3 is 2.26 bits per heavy atom. The molecule has 2 fully saturated rings. The second-order valence-electron chi connectivity index (χ2n) is 7.50. The molecule has 2 amide bonds. The van der Waals surface area contributed by atoms with Crippen LogP contribution in [0.25, 0.3) is 0 Å². The molecule has 2 aromatic rings. The number of fused-ring (bicyclic) bond motifs is 1. The van der Waals surface area contributed by atoms with E-state index in [-0.39, 0.29) is 22.6 Å². The maximum absolute atomic E-state index is 13.9. The first-order chi connectivity index (χ1) is 14.4. The lowest BCUT2D eigenvalue weighted by atomic mass is 9.96. The van der Waals surface area contributed by atoms with Crippen LogP contribution >= 0.6 is 11.6 Å². The number of hydrogen-bond acceptors (Lipinski definition) is 1. The number of urea groups is 1. The molecule has 0 unspecified atom stereocenters. The topological polar surface area (TPSA) is 32.3 Å². The van der Waals surface area contributed by atoms with Crippen LogP contribution in [-0.4, -0.2) is 17.0 Å². The number of halogens is 8. The number of hydrogen-bond donors (Lipinski definition) is 1. The van der Waals surface area contributed by atoms with Gasteiger partial charge in [-0.1, -0.05) is 11.6 Å². The molecule has 2 aromatic carbocycles. The molecule has 11 heteroatoms. The minimum atomic E-state index is -4.77. The average molecular weight is 467 g/mol. The summed E-state index contributed by atoms with van der Waals surface area (Å²) >= 11 is 6.11. The van der Waals surface area contributed by atoms with Crippen LogP contribution in [0.3, 0.4) is 0 Å². The van der Waals surface area contributed by atoms with E-state index >= 15 is 0 Å². The van der Waals surface area contributed by atoms with Gasteiger partial charge < -0.3 is 10.2 Å². The predicted octanol–water partition coefficient (Wildman–Crippen LogP) is 6.49. The first kappa shape index (κ1) is 21.7. The number of benzene rings is 2. The van der Waals surface area contributed by atoms with Crippen LogP contribution in [0.2, 0.25) is 5.02 Å². The van der Waals surface area contributed by atoms with Gasteiger partial charge in [0.1, 0.15) is 5.82 Å². The summed E-state index contributed by atoms with van der Waals surface area (Å²) < 4.78 is 92.4. The highest BCUT2D eigenvalue weighted by atomic mass is 35.5. The largest absolute Gasteiger partial charge is 0.416 e. The minimum absolute atomic E-state index is 0.0417. The zero-order valence-electron chi connectivity index (χ0n) is 15.5. The fourth-order valence-corrected chi connectivity index (χ4v) is 4.55. The van der Waals surface area contributed by atoms with E-state index in [0.717, 1.165) is 30.3 Å². The molecule has 0 radical (unpaired) electrons.